The number of hydrogen-bond acceptors (Lipinski definition) is 4. The van der Waals surface area contributed by atoms with Gasteiger partial charge in [0.15, 0.2) is 5.78 Å². The van der Waals surface area contributed by atoms with Crippen LogP contribution < -0.4 is 5.32 Å². The van der Waals surface area contributed by atoms with Gasteiger partial charge in [-0.1, -0.05) is 6.07 Å². The average molecular weight is 247 g/mol. The third kappa shape index (κ3) is 2.11. The molecule has 0 radical (unpaired) electrons. The number of hydrogen-bond donors (Lipinski definition) is 1. The minimum atomic E-state index is -1.06. The number of Topliss-reactive ketones (excluding diaryl/α,β-unsaturated/α-hetero) is 1. The third-order valence-corrected chi connectivity index (χ3v) is 2.91. The number of amides is 1. The second-order valence-corrected chi connectivity index (χ2v) is 4.24. The van der Waals surface area contributed by atoms with E-state index in [1.807, 2.05) is 6.92 Å². The Morgan fingerprint density at radius 1 is 1.39 bits per heavy atom. The highest BCUT2D eigenvalue weighted by Gasteiger charge is 2.35. The first-order valence-electron chi connectivity index (χ1n) is 5.55. The molecule has 1 aromatic rings. The number of esters is 1. The van der Waals surface area contributed by atoms with Crippen LogP contribution in [0.2, 0.25) is 0 Å². The molecule has 1 atom stereocenters. The van der Waals surface area contributed by atoms with Gasteiger partial charge in [-0.15, -0.1) is 0 Å². The molecule has 0 spiro atoms. The van der Waals surface area contributed by atoms with Crippen LogP contribution in [-0.4, -0.2) is 24.8 Å². The first-order valence-corrected chi connectivity index (χ1v) is 5.55. The van der Waals surface area contributed by atoms with Crippen molar-refractivity contribution < 1.29 is 19.1 Å². The molecule has 0 fully saturated rings. The molecule has 1 heterocycles. The fourth-order valence-corrected chi connectivity index (χ4v) is 1.98. The van der Waals surface area contributed by atoms with Gasteiger partial charge in [0.2, 0.25) is 5.91 Å². The van der Waals surface area contributed by atoms with E-state index in [9.17, 15) is 14.4 Å². The number of benzene rings is 1. The van der Waals surface area contributed by atoms with Gasteiger partial charge in [0, 0.05) is 12.0 Å². The zero-order valence-electron chi connectivity index (χ0n) is 10.1. The number of carbonyl (C=O) groups excluding carboxylic acids is 3. The largest absolute Gasteiger partial charge is 0.468 e. The van der Waals surface area contributed by atoms with Gasteiger partial charge in [0.05, 0.1) is 12.8 Å². The Labute approximate surface area is 104 Å². The van der Waals surface area contributed by atoms with E-state index in [0.717, 1.165) is 5.56 Å². The summed E-state index contributed by atoms with van der Waals surface area (Å²) in [6.07, 6.45) is -0.181. The van der Waals surface area contributed by atoms with E-state index in [1.54, 1.807) is 18.2 Å². The molecule has 18 heavy (non-hydrogen) atoms. The highest BCUT2D eigenvalue weighted by atomic mass is 16.5. The monoisotopic (exact) mass is 247 g/mol. The Morgan fingerprint density at radius 2 is 2.11 bits per heavy atom. The van der Waals surface area contributed by atoms with Crippen molar-refractivity contribution >= 4 is 23.3 Å². The van der Waals surface area contributed by atoms with E-state index in [1.165, 1.54) is 7.11 Å². The number of methoxy groups -OCH3 is 1. The Hall–Kier alpha value is -2.17. The van der Waals surface area contributed by atoms with Crippen LogP contribution in [0.25, 0.3) is 0 Å². The first-order chi connectivity index (χ1) is 8.52. The molecule has 1 unspecified atom stereocenters. The van der Waals surface area contributed by atoms with Crippen LogP contribution in [0.1, 0.15) is 22.3 Å². The Kier molecular flexibility index (Phi) is 3.14. The molecule has 0 aromatic heterocycles. The highest BCUT2D eigenvalue weighted by molar-refractivity contribution is 6.17. The number of fused-ring (bicyclic) bond motifs is 1. The second-order valence-electron chi connectivity index (χ2n) is 4.24. The lowest BCUT2D eigenvalue weighted by Crippen LogP contribution is -2.27. The van der Waals surface area contributed by atoms with Crippen molar-refractivity contribution in [1.29, 1.82) is 0 Å². The molecule has 1 aromatic carbocycles. The molecule has 1 aliphatic rings. The first kappa shape index (κ1) is 12.3. The summed E-state index contributed by atoms with van der Waals surface area (Å²) in [4.78, 5) is 35.4. The molecule has 0 aliphatic carbocycles. The quantitative estimate of drug-likeness (QED) is 0.600. The van der Waals surface area contributed by atoms with Crippen molar-refractivity contribution in [3.8, 4) is 0 Å². The summed E-state index contributed by atoms with van der Waals surface area (Å²) in [5.41, 5.74) is 1.73. The lowest BCUT2D eigenvalue weighted by Gasteiger charge is -2.09. The SMILES string of the molecule is COC(=O)C1CC(=O)Nc2cc(C)ccc2C1=O. The third-order valence-electron chi connectivity index (χ3n) is 2.91. The number of rotatable bonds is 1. The lowest BCUT2D eigenvalue weighted by molar-refractivity contribution is -0.145. The van der Waals surface area contributed by atoms with Crippen LogP contribution in [0.15, 0.2) is 18.2 Å². The predicted molar refractivity (Wildman–Crippen MR) is 64.3 cm³/mol. The number of aryl methyl sites for hydroxylation is 1. The average Bonchev–Trinajstić information content (AvgIpc) is 2.45. The molecule has 5 nitrogen and oxygen atoms in total. The second kappa shape index (κ2) is 4.60. The summed E-state index contributed by atoms with van der Waals surface area (Å²) in [6, 6.07) is 5.10. The topological polar surface area (TPSA) is 72.5 Å². The maximum absolute atomic E-state index is 12.2. The van der Waals surface area contributed by atoms with Crippen LogP contribution in [0.5, 0.6) is 0 Å². The van der Waals surface area contributed by atoms with Crippen LogP contribution in [0.3, 0.4) is 0 Å². The van der Waals surface area contributed by atoms with E-state index >= 15 is 0 Å². The molecule has 0 saturated carbocycles. The zero-order chi connectivity index (χ0) is 13.3. The van der Waals surface area contributed by atoms with E-state index in [0.29, 0.717) is 11.3 Å². The van der Waals surface area contributed by atoms with E-state index in [-0.39, 0.29) is 18.1 Å². The minimum absolute atomic E-state index is 0.181. The standard InChI is InChI=1S/C13H13NO4/c1-7-3-4-8-10(5-7)14-11(15)6-9(12(8)16)13(17)18-2/h3-5,9H,6H2,1-2H3,(H,14,15). The van der Waals surface area contributed by atoms with Crippen molar-refractivity contribution in [2.75, 3.05) is 12.4 Å². The van der Waals surface area contributed by atoms with Crippen LogP contribution >= 0.6 is 0 Å². The fourth-order valence-electron chi connectivity index (χ4n) is 1.98. The number of anilines is 1. The molecular weight excluding hydrogens is 234 g/mol. The van der Waals surface area contributed by atoms with Crippen molar-refractivity contribution in [3.05, 3.63) is 29.3 Å². The van der Waals surface area contributed by atoms with Gasteiger partial charge < -0.3 is 10.1 Å². The van der Waals surface area contributed by atoms with Crippen LogP contribution in [0, 0.1) is 12.8 Å². The highest BCUT2D eigenvalue weighted by Crippen LogP contribution is 2.26. The molecular formula is C13H13NO4. The number of ketones is 1. The molecule has 5 heteroatoms. The summed E-state index contributed by atoms with van der Waals surface area (Å²) in [7, 11) is 1.20. The number of ether oxygens (including phenoxy) is 1. The Morgan fingerprint density at radius 3 is 2.78 bits per heavy atom. The van der Waals surface area contributed by atoms with Crippen LogP contribution in [-0.2, 0) is 14.3 Å². The summed E-state index contributed by atoms with van der Waals surface area (Å²) in [5, 5.41) is 2.64. The Balaban J connectivity index is 2.49. The summed E-state index contributed by atoms with van der Waals surface area (Å²) in [5.74, 6) is -2.47. The van der Waals surface area contributed by atoms with Crippen LogP contribution in [0.4, 0.5) is 5.69 Å². The minimum Gasteiger partial charge on any atom is -0.468 e. The van der Waals surface area contributed by atoms with Crippen molar-refractivity contribution in [1.82, 2.24) is 0 Å². The Bertz CT molecular complexity index is 536. The zero-order valence-corrected chi connectivity index (χ0v) is 10.1. The summed E-state index contributed by atoms with van der Waals surface area (Å²) in [6.45, 7) is 1.86. The maximum Gasteiger partial charge on any atom is 0.317 e. The van der Waals surface area contributed by atoms with Gasteiger partial charge in [-0.05, 0) is 24.6 Å². The normalized spacial score (nSPS) is 18.7. The van der Waals surface area contributed by atoms with Gasteiger partial charge in [0.25, 0.3) is 0 Å². The molecule has 0 saturated heterocycles. The van der Waals surface area contributed by atoms with Gasteiger partial charge in [0.1, 0.15) is 5.92 Å². The molecule has 1 N–H and O–H groups in total. The molecule has 1 amide bonds. The molecule has 94 valence electrons. The van der Waals surface area contributed by atoms with Gasteiger partial charge in [-0.25, -0.2) is 0 Å². The van der Waals surface area contributed by atoms with Gasteiger partial charge in [-0.3, -0.25) is 14.4 Å². The maximum atomic E-state index is 12.2. The number of carbonyl (C=O) groups is 3. The smallest absolute Gasteiger partial charge is 0.317 e. The van der Waals surface area contributed by atoms with E-state index in [2.05, 4.69) is 10.1 Å². The predicted octanol–water partition coefficient (Wildman–Crippen LogP) is 1.31. The van der Waals surface area contributed by atoms with E-state index in [4.69, 9.17) is 0 Å². The van der Waals surface area contributed by atoms with Gasteiger partial charge in [-0.2, -0.15) is 0 Å². The molecule has 2 rings (SSSR count). The van der Waals surface area contributed by atoms with E-state index < -0.39 is 11.9 Å². The summed E-state index contributed by atoms with van der Waals surface area (Å²) >= 11 is 0. The van der Waals surface area contributed by atoms with Crippen molar-refractivity contribution in [2.45, 2.75) is 13.3 Å². The lowest BCUT2D eigenvalue weighted by atomic mass is 9.94. The molecule has 0 bridgehead atoms. The van der Waals surface area contributed by atoms with Crippen molar-refractivity contribution in [3.63, 3.8) is 0 Å². The number of nitrogens with one attached hydrogen (secondary N) is 1. The van der Waals surface area contributed by atoms with Crippen molar-refractivity contribution in [2.24, 2.45) is 5.92 Å². The fraction of sp³-hybridized carbons (Fsp3) is 0.308. The van der Waals surface area contributed by atoms with Gasteiger partial charge >= 0.3 is 5.97 Å². The summed E-state index contributed by atoms with van der Waals surface area (Å²) < 4.78 is 4.56. The molecule has 1 aliphatic heterocycles.